The summed E-state index contributed by atoms with van der Waals surface area (Å²) in [4.78, 5) is 12.7. The lowest BCUT2D eigenvalue weighted by Crippen LogP contribution is -2.17. The van der Waals surface area contributed by atoms with E-state index in [1.54, 1.807) is 68.6 Å². The van der Waals surface area contributed by atoms with Crippen molar-refractivity contribution in [2.75, 3.05) is 17.1 Å². The van der Waals surface area contributed by atoms with Crippen LogP contribution in [-0.2, 0) is 10.0 Å². The fourth-order valence-electron chi connectivity index (χ4n) is 2.83. The molecule has 0 heterocycles. The summed E-state index contributed by atoms with van der Waals surface area (Å²) >= 11 is 0. The van der Waals surface area contributed by atoms with Crippen LogP contribution in [-0.4, -0.2) is 21.4 Å². The van der Waals surface area contributed by atoms with Crippen LogP contribution in [0.2, 0.25) is 0 Å². The molecule has 0 bridgehead atoms. The Bertz CT molecular complexity index is 1140. The summed E-state index contributed by atoms with van der Waals surface area (Å²) < 4.78 is 33.4. The minimum atomic E-state index is -3.85. The Morgan fingerprint density at radius 2 is 1.62 bits per heavy atom. The summed E-state index contributed by atoms with van der Waals surface area (Å²) in [5.74, 6) is 0.274. The lowest BCUT2D eigenvalue weighted by atomic mass is 10.1. The van der Waals surface area contributed by atoms with Crippen LogP contribution in [0.25, 0.3) is 0 Å². The number of hydrogen-bond acceptors (Lipinski definition) is 4. The van der Waals surface area contributed by atoms with Crippen LogP contribution in [0.15, 0.2) is 71.6 Å². The van der Waals surface area contributed by atoms with Crippen molar-refractivity contribution in [2.45, 2.75) is 18.7 Å². The van der Waals surface area contributed by atoms with E-state index in [9.17, 15) is 13.2 Å². The van der Waals surface area contributed by atoms with Crippen molar-refractivity contribution < 1.29 is 17.9 Å². The number of aryl methyl sites for hydroxylation is 2. The van der Waals surface area contributed by atoms with E-state index in [1.165, 1.54) is 6.07 Å². The molecule has 0 atom stereocenters. The van der Waals surface area contributed by atoms with E-state index in [1.807, 2.05) is 13.0 Å². The highest BCUT2D eigenvalue weighted by atomic mass is 32.2. The molecule has 2 N–H and O–H groups in total. The SMILES string of the molecule is COc1ccc(NC(=O)c2ccc(C)c(S(=O)(=O)Nc3cccc(C)c3)c2)cc1. The molecule has 6 nitrogen and oxygen atoms in total. The quantitative estimate of drug-likeness (QED) is 0.632. The van der Waals surface area contributed by atoms with Gasteiger partial charge < -0.3 is 10.1 Å². The number of hydrogen-bond donors (Lipinski definition) is 2. The van der Waals surface area contributed by atoms with Crippen molar-refractivity contribution in [1.29, 1.82) is 0 Å². The lowest BCUT2D eigenvalue weighted by molar-refractivity contribution is 0.102. The van der Waals surface area contributed by atoms with Gasteiger partial charge in [0, 0.05) is 16.9 Å². The third kappa shape index (κ3) is 4.94. The van der Waals surface area contributed by atoms with E-state index in [4.69, 9.17) is 4.74 Å². The fourth-order valence-corrected chi connectivity index (χ4v) is 4.15. The summed E-state index contributed by atoms with van der Waals surface area (Å²) in [7, 11) is -2.28. The smallest absolute Gasteiger partial charge is 0.262 e. The number of nitrogens with one attached hydrogen (secondary N) is 2. The largest absolute Gasteiger partial charge is 0.497 e. The minimum absolute atomic E-state index is 0.0568. The molecule has 0 aliphatic carbocycles. The highest BCUT2D eigenvalue weighted by molar-refractivity contribution is 7.92. The summed E-state index contributed by atoms with van der Waals surface area (Å²) in [6, 6.07) is 18.6. The van der Waals surface area contributed by atoms with Gasteiger partial charge in [-0.05, 0) is 73.5 Å². The Morgan fingerprint density at radius 3 is 2.28 bits per heavy atom. The molecule has 0 fully saturated rings. The number of amides is 1. The number of sulfonamides is 1. The minimum Gasteiger partial charge on any atom is -0.497 e. The van der Waals surface area contributed by atoms with Crippen LogP contribution in [0.1, 0.15) is 21.5 Å². The number of anilines is 2. The molecule has 7 heteroatoms. The molecule has 3 aromatic carbocycles. The first-order chi connectivity index (χ1) is 13.8. The number of carbonyl (C=O) groups is 1. The molecule has 29 heavy (non-hydrogen) atoms. The van der Waals surface area contributed by atoms with Gasteiger partial charge in [0.25, 0.3) is 15.9 Å². The van der Waals surface area contributed by atoms with E-state index < -0.39 is 15.9 Å². The molecule has 0 spiro atoms. The Kier molecular flexibility index (Phi) is 5.89. The van der Waals surface area contributed by atoms with E-state index in [0.29, 0.717) is 22.7 Å². The topological polar surface area (TPSA) is 84.5 Å². The van der Waals surface area contributed by atoms with Gasteiger partial charge in [-0.2, -0.15) is 0 Å². The molecule has 0 aromatic heterocycles. The standard InChI is InChI=1S/C22H22N2O4S/c1-15-5-4-6-19(13-15)24-29(26,27)21-14-17(8-7-16(21)2)22(25)23-18-9-11-20(28-3)12-10-18/h4-14,24H,1-3H3,(H,23,25). The maximum Gasteiger partial charge on any atom is 0.262 e. The average Bonchev–Trinajstić information content (AvgIpc) is 2.68. The molecule has 0 unspecified atom stereocenters. The van der Waals surface area contributed by atoms with Crippen molar-refractivity contribution in [3.05, 3.63) is 83.4 Å². The number of methoxy groups -OCH3 is 1. The van der Waals surface area contributed by atoms with Gasteiger partial charge in [-0.15, -0.1) is 0 Å². The predicted octanol–water partition coefficient (Wildman–Crippen LogP) is 4.37. The van der Waals surface area contributed by atoms with E-state index in [2.05, 4.69) is 10.0 Å². The van der Waals surface area contributed by atoms with E-state index in [-0.39, 0.29) is 10.5 Å². The van der Waals surface area contributed by atoms with Gasteiger partial charge in [-0.1, -0.05) is 18.2 Å². The second-order valence-corrected chi connectivity index (χ2v) is 8.29. The second-order valence-electron chi connectivity index (χ2n) is 6.64. The van der Waals surface area contributed by atoms with Crippen molar-refractivity contribution >= 4 is 27.3 Å². The molecule has 0 saturated carbocycles. The highest BCUT2D eigenvalue weighted by Crippen LogP contribution is 2.22. The number of benzene rings is 3. The van der Waals surface area contributed by atoms with Crippen LogP contribution in [0.3, 0.4) is 0 Å². The predicted molar refractivity (Wildman–Crippen MR) is 114 cm³/mol. The van der Waals surface area contributed by atoms with Crippen LogP contribution >= 0.6 is 0 Å². The van der Waals surface area contributed by atoms with Gasteiger partial charge in [-0.3, -0.25) is 9.52 Å². The zero-order valence-corrected chi connectivity index (χ0v) is 17.2. The van der Waals surface area contributed by atoms with E-state index in [0.717, 1.165) is 5.56 Å². The number of rotatable bonds is 6. The van der Waals surface area contributed by atoms with Crippen molar-refractivity contribution in [2.24, 2.45) is 0 Å². The number of carbonyl (C=O) groups excluding carboxylic acids is 1. The van der Waals surface area contributed by atoms with Crippen molar-refractivity contribution in [3.63, 3.8) is 0 Å². The molecule has 3 aromatic rings. The molecule has 0 saturated heterocycles. The van der Waals surface area contributed by atoms with Gasteiger partial charge in [0.15, 0.2) is 0 Å². The van der Waals surface area contributed by atoms with Gasteiger partial charge >= 0.3 is 0 Å². The molecule has 150 valence electrons. The number of ether oxygens (including phenoxy) is 1. The average molecular weight is 410 g/mol. The molecule has 1 amide bonds. The maximum absolute atomic E-state index is 12.9. The molecule has 0 aliphatic heterocycles. The third-order valence-electron chi connectivity index (χ3n) is 4.36. The first kappa shape index (κ1) is 20.4. The molecule has 3 rings (SSSR count). The van der Waals surface area contributed by atoms with Gasteiger partial charge in [0.05, 0.1) is 12.0 Å². The highest BCUT2D eigenvalue weighted by Gasteiger charge is 2.19. The van der Waals surface area contributed by atoms with Gasteiger partial charge in [0.1, 0.15) is 5.75 Å². The Labute approximate surface area is 170 Å². The lowest BCUT2D eigenvalue weighted by Gasteiger charge is -2.13. The normalized spacial score (nSPS) is 11.0. The van der Waals surface area contributed by atoms with Crippen LogP contribution in [0.4, 0.5) is 11.4 Å². The Balaban J connectivity index is 1.85. The first-order valence-electron chi connectivity index (χ1n) is 8.94. The van der Waals surface area contributed by atoms with Crippen molar-refractivity contribution in [1.82, 2.24) is 0 Å². The zero-order valence-electron chi connectivity index (χ0n) is 16.4. The van der Waals surface area contributed by atoms with Crippen LogP contribution in [0, 0.1) is 13.8 Å². The molecular weight excluding hydrogens is 388 g/mol. The van der Waals surface area contributed by atoms with Gasteiger partial charge in [0.2, 0.25) is 0 Å². The fraction of sp³-hybridized carbons (Fsp3) is 0.136. The summed E-state index contributed by atoms with van der Waals surface area (Å²) in [6.07, 6.45) is 0. The van der Waals surface area contributed by atoms with Gasteiger partial charge in [-0.25, -0.2) is 8.42 Å². The molecular formula is C22H22N2O4S. The first-order valence-corrected chi connectivity index (χ1v) is 10.4. The van der Waals surface area contributed by atoms with Crippen molar-refractivity contribution in [3.8, 4) is 5.75 Å². The Hall–Kier alpha value is -3.32. The monoisotopic (exact) mass is 410 g/mol. The zero-order chi connectivity index (χ0) is 21.0. The van der Waals surface area contributed by atoms with E-state index >= 15 is 0 Å². The second kappa shape index (κ2) is 8.36. The molecule has 0 radical (unpaired) electrons. The summed E-state index contributed by atoms with van der Waals surface area (Å²) in [6.45, 7) is 3.57. The summed E-state index contributed by atoms with van der Waals surface area (Å²) in [5, 5.41) is 2.76. The summed E-state index contributed by atoms with van der Waals surface area (Å²) in [5.41, 5.74) is 2.79. The van der Waals surface area contributed by atoms with Crippen LogP contribution < -0.4 is 14.8 Å². The van der Waals surface area contributed by atoms with Crippen LogP contribution in [0.5, 0.6) is 5.75 Å². The third-order valence-corrected chi connectivity index (χ3v) is 5.88. The molecule has 0 aliphatic rings. The Morgan fingerprint density at radius 1 is 0.897 bits per heavy atom. The maximum atomic E-state index is 12.9.